The van der Waals surface area contributed by atoms with Gasteiger partial charge in [0.25, 0.3) is 0 Å². The smallest absolute Gasteiger partial charge is 0.238 e. The fraction of sp³-hybridized carbons (Fsp3) is 0.308. The number of hydrogen-bond donors (Lipinski definition) is 1. The van der Waals surface area contributed by atoms with Crippen molar-refractivity contribution < 1.29 is 4.79 Å². The molecule has 0 aromatic heterocycles. The summed E-state index contributed by atoms with van der Waals surface area (Å²) in [6.07, 6.45) is 4.16. The number of nitrogens with one attached hydrogen (secondary N) is 1. The monoisotopic (exact) mass is 294 g/mol. The van der Waals surface area contributed by atoms with Crippen molar-refractivity contribution in [3.05, 3.63) is 40.4 Å². The van der Waals surface area contributed by atoms with Crippen LogP contribution in [0.25, 0.3) is 0 Å². The largest absolute Gasteiger partial charge is 0.325 e. The van der Waals surface area contributed by atoms with E-state index in [1.807, 2.05) is 25.1 Å². The molecule has 1 aromatic rings. The standard InChI is InChI=1S/C13H15BrN2O/c1-10-4-5-11(14)8-12(10)15-13(17)9-16-6-2-3-7-16/h2-5,8H,6-7,9H2,1H3,(H,15,17). The topological polar surface area (TPSA) is 32.3 Å². The summed E-state index contributed by atoms with van der Waals surface area (Å²) in [4.78, 5) is 13.9. The molecule has 2 rings (SSSR count). The van der Waals surface area contributed by atoms with Crippen molar-refractivity contribution in [3.63, 3.8) is 0 Å². The van der Waals surface area contributed by atoms with Gasteiger partial charge < -0.3 is 5.32 Å². The van der Waals surface area contributed by atoms with Crippen LogP contribution in [0.2, 0.25) is 0 Å². The first-order chi connectivity index (χ1) is 8.15. The van der Waals surface area contributed by atoms with Gasteiger partial charge in [-0.2, -0.15) is 0 Å². The Morgan fingerprint density at radius 2 is 2.12 bits per heavy atom. The van der Waals surface area contributed by atoms with Crippen LogP contribution in [-0.2, 0) is 4.79 Å². The van der Waals surface area contributed by atoms with Crippen LogP contribution in [0.4, 0.5) is 5.69 Å². The Labute approximate surface area is 110 Å². The Kier molecular flexibility index (Phi) is 3.97. The molecule has 0 aliphatic carbocycles. The molecule has 1 aliphatic heterocycles. The lowest BCUT2D eigenvalue weighted by Gasteiger charge is -2.15. The zero-order chi connectivity index (χ0) is 12.3. The average molecular weight is 295 g/mol. The number of anilines is 1. The van der Waals surface area contributed by atoms with E-state index >= 15 is 0 Å². The minimum atomic E-state index is 0.0369. The molecule has 1 amide bonds. The number of carbonyl (C=O) groups excluding carboxylic acids is 1. The van der Waals surface area contributed by atoms with Crippen LogP contribution in [0.15, 0.2) is 34.8 Å². The van der Waals surface area contributed by atoms with Gasteiger partial charge in [0.1, 0.15) is 0 Å². The molecule has 0 atom stereocenters. The van der Waals surface area contributed by atoms with Gasteiger partial charge in [-0.1, -0.05) is 34.1 Å². The maximum Gasteiger partial charge on any atom is 0.238 e. The molecule has 1 heterocycles. The quantitative estimate of drug-likeness (QED) is 0.869. The first-order valence-electron chi connectivity index (χ1n) is 5.58. The zero-order valence-electron chi connectivity index (χ0n) is 9.74. The molecule has 1 aliphatic rings. The molecule has 0 bridgehead atoms. The minimum Gasteiger partial charge on any atom is -0.325 e. The van der Waals surface area contributed by atoms with E-state index in [4.69, 9.17) is 0 Å². The molecule has 17 heavy (non-hydrogen) atoms. The highest BCUT2D eigenvalue weighted by molar-refractivity contribution is 9.10. The summed E-state index contributed by atoms with van der Waals surface area (Å²) in [7, 11) is 0. The fourth-order valence-electron chi connectivity index (χ4n) is 1.77. The fourth-order valence-corrected chi connectivity index (χ4v) is 2.13. The summed E-state index contributed by atoms with van der Waals surface area (Å²) in [5, 5.41) is 2.94. The number of rotatable bonds is 3. The number of aryl methyl sites for hydroxylation is 1. The summed E-state index contributed by atoms with van der Waals surface area (Å²) < 4.78 is 0.973. The van der Waals surface area contributed by atoms with Gasteiger partial charge in [0.2, 0.25) is 5.91 Å². The van der Waals surface area contributed by atoms with Gasteiger partial charge in [-0.15, -0.1) is 0 Å². The van der Waals surface area contributed by atoms with Crippen LogP contribution >= 0.6 is 15.9 Å². The van der Waals surface area contributed by atoms with Crippen molar-refractivity contribution in [2.75, 3.05) is 25.0 Å². The molecule has 0 unspecified atom stereocenters. The third kappa shape index (κ3) is 3.41. The molecule has 1 N–H and O–H groups in total. The van der Waals surface area contributed by atoms with Crippen LogP contribution in [0.1, 0.15) is 5.56 Å². The molecular formula is C13H15BrN2O. The van der Waals surface area contributed by atoms with Gasteiger partial charge in [0.15, 0.2) is 0 Å². The van der Waals surface area contributed by atoms with Crippen molar-refractivity contribution in [2.45, 2.75) is 6.92 Å². The van der Waals surface area contributed by atoms with Gasteiger partial charge in [0.05, 0.1) is 6.54 Å². The average Bonchev–Trinajstić information content (AvgIpc) is 2.76. The highest BCUT2D eigenvalue weighted by Crippen LogP contribution is 2.20. The molecule has 0 saturated carbocycles. The summed E-state index contributed by atoms with van der Waals surface area (Å²) in [5.41, 5.74) is 1.94. The van der Waals surface area contributed by atoms with E-state index in [2.05, 4.69) is 38.3 Å². The van der Waals surface area contributed by atoms with Gasteiger partial charge in [0, 0.05) is 23.2 Å². The zero-order valence-corrected chi connectivity index (χ0v) is 11.3. The molecule has 0 saturated heterocycles. The molecule has 1 aromatic carbocycles. The van der Waals surface area contributed by atoms with E-state index in [1.165, 1.54) is 0 Å². The predicted octanol–water partition coefficient (Wildman–Crippen LogP) is 2.57. The lowest BCUT2D eigenvalue weighted by atomic mass is 10.2. The summed E-state index contributed by atoms with van der Waals surface area (Å²) in [5.74, 6) is 0.0369. The van der Waals surface area contributed by atoms with Gasteiger partial charge in [-0.3, -0.25) is 9.69 Å². The second-order valence-corrected chi connectivity index (χ2v) is 5.09. The maximum atomic E-state index is 11.8. The second-order valence-electron chi connectivity index (χ2n) is 4.17. The number of hydrogen-bond acceptors (Lipinski definition) is 2. The SMILES string of the molecule is Cc1ccc(Br)cc1NC(=O)CN1CC=CC1. The normalized spacial score (nSPS) is 15.2. The summed E-state index contributed by atoms with van der Waals surface area (Å²) >= 11 is 3.40. The van der Waals surface area contributed by atoms with Crippen molar-refractivity contribution in [2.24, 2.45) is 0 Å². The molecule has 3 nitrogen and oxygen atoms in total. The van der Waals surface area contributed by atoms with Crippen LogP contribution in [0, 0.1) is 6.92 Å². The van der Waals surface area contributed by atoms with Gasteiger partial charge in [-0.05, 0) is 24.6 Å². The lowest BCUT2D eigenvalue weighted by Crippen LogP contribution is -2.31. The van der Waals surface area contributed by atoms with Crippen LogP contribution in [0.5, 0.6) is 0 Å². The van der Waals surface area contributed by atoms with Gasteiger partial charge in [-0.25, -0.2) is 0 Å². The lowest BCUT2D eigenvalue weighted by molar-refractivity contribution is -0.117. The first-order valence-corrected chi connectivity index (χ1v) is 6.38. The Balaban J connectivity index is 1.95. The molecule has 90 valence electrons. The van der Waals surface area contributed by atoms with E-state index in [1.54, 1.807) is 0 Å². The van der Waals surface area contributed by atoms with E-state index in [0.29, 0.717) is 6.54 Å². The Bertz CT molecular complexity index is 449. The third-order valence-corrected chi connectivity index (χ3v) is 3.23. The van der Waals surface area contributed by atoms with Crippen LogP contribution < -0.4 is 5.32 Å². The molecule has 0 fully saturated rings. The Morgan fingerprint density at radius 3 is 2.82 bits per heavy atom. The Hall–Kier alpha value is -1.13. The van der Waals surface area contributed by atoms with Gasteiger partial charge >= 0.3 is 0 Å². The third-order valence-electron chi connectivity index (χ3n) is 2.73. The molecular weight excluding hydrogens is 280 g/mol. The number of nitrogens with zero attached hydrogens (tertiary/aromatic N) is 1. The maximum absolute atomic E-state index is 11.8. The summed E-state index contributed by atoms with van der Waals surface area (Å²) in [6.45, 7) is 4.16. The van der Waals surface area contributed by atoms with Crippen LogP contribution in [0.3, 0.4) is 0 Å². The highest BCUT2D eigenvalue weighted by atomic mass is 79.9. The van der Waals surface area contributed by atoms with E-state index < -0.39 is 0 Å². The molecule has 4 heteroatoms. The van der Waals surface area contributed by atoms with Crippen molar-refractivity contribution >= 4 is 27.5 Å². The molecule has 0 radical (unpaired) electrons. The van der Waals surface area contributed by atoms with Crippen molar-refractivity contribution in [1.82, 2.24) is 4.90 Å². The minimum absolute atomic E-state index is 0.0369. The number of benzene rings is 1. The van der Waals surface area contributed by atoms with E-state index in [-0.39, 0.29) is 5.91 Å². The number of halogens is 1. The van der Waals surface area contributed by atoms with Crippen molar-refractivity contribution in [1.29, 1.82) is 0 Å². The number of amides is 1. The Morgan fingerprint density at radius 1 is 1.41 bits per heavy atom. The van der Waals surface area contributed by atoms with Crippen molar-refractivity contribution in [3.8, 4) is 0 Å². The number of carbonyl (C=O) groups is 1. The van der Waals surface area contributed by atoms with E-state index in [9.17, 15) is 4.79 Å². The highest BCUT2D eigenvalue weighted by Gasteiger charge is 2.12. The first kappa shape index (κ1) is 12.3. The summed E-state index contributed by atoms with van der Waals surface area (Å²) in [6, 6.07) is 5.88. The van der Waals surface area contributed by atoms with E-state index in [0.717, 1.165) is 28.8 Å². The predicted molar refractivity (Wildman–Crippen MR) is 73.1 cm³/mol. The second kappa shape index (κ2) is 5.47. The van der Waals surface area contributed by atoms with Crippen LogP contribution in [-0.4, -0.2) is 30.4 Å². The molecule has 0 spiro atoms.